The van der Waals surface area contributed by atoms with Crippen molar-refractivity contribution in [1.29, 1.82) is 0 Å². The van der Waals surface area contributed by atoms with Crippen LogP contribution < -0.4 is 0 Å². The summed E-state index contributed by atoms with van der Waals surface area (Å²) in [5.74, 6) is 0.539. The molecule has 0 spiro atoms. The van der Waals surface area contributed by atoms with E-state index in [1.54, 1.807) is 0 Å². The van der Waals surface area contributed by atoms with Crippen LogP contribution in [0.25, 0.3) is 0 Å². The molecule has 0 radical (unpaired) electrons. The second-order valence-electron chi connectivity index (χ2n) is 4.25. The van der Waals surface area contributed by atoms with E-state index in [0.29, 0.717) is 18.9 Å². The number of likely N-dealkylation sites (tertiary alicyclic amines) is 1. The Labute approximate surface area is 102 Å². The lowest BCUT2D eigenvalue weighted by atomic mass is 9.94. The lowest BCUT2D eigenvalue weighted by Crippen LogP contribution is -2.31. The van der Waals surface area contributed by atoms with Gasteiger partial charge in [0.15, 0.2) is 0 Å². The van der Waals surface area contributed by atoms with Gasteiger partial charge in [0.25, 0.3) is 0 Å². The lowest BCUT2D eigenvalue weighted by molar-refractivity contribution is -0.191. The molecule has 0 saturated carbocycles. The maximum absolute atomic E-state index is 11.3. The second kappa shape index (κ2) is 10.00. The molecular weight excluding hydrogens is 222 g/mol. The summed E-state index contributed by atoms with van der Waals surface area (Å²) in [5, 5.41) is 0. The first kappa shape index (κ1) is 15.8. The van der Waals surface area contributed by atoms with Gasteiger partial charge in [-0.2, -0.15) is 9.59 Å². The van der Waals surface area contributed by atoms with Crippen molar-refractivity contribution in [3.8, 4) is 0 Å². The van der Waals surface area contributed by atoms with Crippen LogP contribution in [0.15, 0.2) is 0 Å². The van der Waals surface area contributed by atoms with E-state index < -0.39 is 0 Å². The van der Waals surface area contributed by atoms with Gasteiger partial charge in [0, 0.05) is 6.42 Å². The van der Waals surface area contributed by atoms with Crippen molar-refractivity contribution in [3.63, 3.8) is 0 Å². The zero-order valence-corrected chi connectivity index (χ0v) is 10.6. The molecule has 5 heteroatoms. The van der Waals surface area contributed by atoms with Gasteiger partial charge in [-0.1, -0.05) is 6.92 Å². The first-order valence-electron chi connectivity index (χ1n) is 5.97. The number of carbonyl (C=O) groups excluding carboxylic acids is 3. The lowest BCUT2D eigenvalue weighted by Gasteiger charge is -2.28. The van der Waals surface area contributed by atoms with E-state index in [1.165, 1.54) is 0 Å². The van der Waals surface area contributed by atoms with Crippen LogP contribution >= 0.6 is 0 Å². The summed E-state index contributed by atoms with van der Waals surface area (Å²) in [5.41, 5.74) is 0. The third-order valence-corrected chi connectivity index (χ3v) is 2.76. The largest absolute Gasteiger partial charge is 0.466 e. The first-order chi connectivity index (χ1) is 8.13. The zero-order chi connectivity index (χ0) is 13.1. The Morgan fingerprint density at radius 1 is 1.35 bits per heavy atom. The number of ether oxygens (including phenoxy) is 1. The molecule has 98 valence electrons. The third kappa shape index (κ3) is 8.60. The van der Waals surface area contributed by atoms with Crippen LogP contribution in [0.5, 0.6) is 0 Å². The van der Waals surface area contributed by atoms with Crippen molar-refractivity contribution >= 4 is 12.1 Å². The van der Waals surface area contributed by atoms with Crippen molar-refractivity contribution < 1.29 is 19.1 Å². The van der Waals surface area contributed by atoms with Crippen LogP contribution in [0.2, 0.25) is 0 Å². The summed E-state index contributed by atoms with van der Waals surface area (Å²) >= 11 is 0. The van der Waals surface area contributed by atoms with Crippen LogP contribution in [0.3, 0.4) is 0 Å². The highest BCUT2D eigenvalue weighted by Gasteiger charge is 2.19. The standard InChI is InChI=1S/C11H21NO2.CO2/c1-3-8-14-11(13)9-10-4-6-12(2)7-5-10;2-1-3/h10H,3-9H2,1-2H3;. The molecule has 0 amide bonds. The van der Waals surface area contributed by atoms with E-state index in [4.69, 9.17) is 14.3 Å². The summed E-state index contributed by atoms with van der Waals surface area (Å²) in [6.07, 6.45) is 4.06. The molecule has 0 atom stereocenters. The highest BCUT2D eigenvalue weighted by molar-refractivity contribution is 5.69. The topological polar surface area (TPSA) is 63.7 Å². The molecule has 1 fully saturated rings. The van der Waals surface area contributed by atoms with Crippen LogP contribution in [0, 0.1) is 5.92 Å². The van der Waals surface area contributed by atoms with Crippen molar-refractivity contribution in [2.75, 3.05) is 26.7 Å². The molecule has 0 N–H and O–H groups in total. The summed E-state index contributed by atoms with van der Waals surface area (Å²) in [6, 6.07) is 0. The predicted octanol–water partition coefficient (Wildman–Crippen LogP) is 1.09. The van der Waals surface area contributed by atoms with Gasteiger partial charge < -0.3 is 9.64 Å². The number of esters is 1. The zero-order valence-electron chi connectivity index (χ0n) is 10.6. The number of rotatable bonds is 4. The summed E-state index contributed by atoms with van der Waals surface area (Å²) < 4.78 is 5.07. The van der Waals surface area contributed by atoms with E-state index in [2.05, 4.69) is 11.9 Å². The van der Waals surface area contributed by atoms with Gasteiger partial charge in [-0.05, 0) is 45.3 Å². The third-order valence-electron chi connectivity index (χ3n) is 2.76. The smallest absolute Gasteiger partial charge is 0.373 e. The van der Waals surface area contributed by atoms with Gasteiger partial charge in [0.2, 0.25) is 0 Å². The van der Waals surface area contributed by atoms with E-state index in [0.717, 1.165) is 32.4 Å². The fraction of sp³-hybridized carbons (Fsp3) is 0.833. The van der Waals surface area contributed by atoms with E-state index >= 15 is 0 Å². The SMILES string of the molecule is CCCOC(=O)CC1CCN(C)CC1.O=C=O. The number of nitrogens with zero attached hydrogens (tertiary/aromatic N) is 1. The first-order valence-corrected chi connectivity index (χ1v) is 5.97. The summed E-state index contributed by atoms with van der Waals surface area (Å²) in [7, 11) is 2.13. The highest BCUT2D eigenvalue weighted by atomic mass is 16.5. The molecule has 0 aromatic rings. The van der Waals surface area contributed by atoms with Gasteiger partial charge in [-0.3, -0.25) is 4.79 Å². The van der Waals surface area contributed by atoms with Crippen molar-refractivity contribution in [2.45, 2.75) is 32.6 Å². The average Bonchev–Trinajstić information content (AvgIpc) is 2.30. The Morgan fingerprint density at radius 2 is 1.88 bits per heavy atom. The van der Waals surface area contributed by atoms with Gasteiger partial charge >= 0.3 is 12.1 Å². The van der Waals surface area contributed by atoms with Crippen molar-refractivity contribution in [3.05, 3.63) is 0 Å². The molecule has 0 bridgehead atoms. The van der Waals surface area contributed by atoms with E-state index in [-0.39, 0.29) is 12.1 Å². The molecule has 1 heterocycles. The minimum absolute atomic E-state index is 0.0126. The van der Waals surface area contributed by atoms with Crippen LogP contribution in [0.1, 0.15) is 32.6 Å². The predicted molar refractivity (Wildman–Crippen MR) is 61.1 cm³/mol. The summed E-state index contributed by atoms with van der Waals surface area (Å²) in [4.78, 5) is 29.9. The molecular formula is C12H21NO4. The highest BCUT2D eigenvalue weighted by Crippen LogP contribution is 2.19. The van der Waals surface area contributed by atoms with Crippen LogP contribution in [-0.4, -0.2) is 43.8 Å². The molecule has 17 heavy (non-hydrogen) atoms. The normalized spacial score (nSPS) is 16.6. The maximum atomic E-state index is 11.3. The summed E-state index contributed by atoms with van der Waals surface area (Å²) in [6.45, 7) is 4.83. The molecule has 0 aromatic carbocycles. The number of piperidine rings is 1. The van der Waals surface area contributed by atoms with Crippen LogP contribution in [0.4, 0.5) is 0 Å². The number of carbonyl (C=O) groups is 1. The monoisotopic (exact) mass is 243 g/mol. The minimum Gasteiger partial charge on any atom is -0.466 e. The molecule has 1 rings (SSSR count). The molecule has 1 aliphatic heterocycles. The van der Waals surface area contributed by atoms with Gasteiger partial charge in [-0.25, -0.2) is 0 Å². The second-order valence-corrected chi connectivity index (χ2v) is 4.25. The number of hydrogen-bond donors (Lipinski definition) is 0. The molecule has 0 unspecified atom stereocenters. The minimum atomic E-state index is -0.0126. The van der Waals surface area contributed by atoms with Crippen molar-refractivity contribution in [2.24, 2.45) is 5.92 Å². The van der Waals surface area contributed by atoms with Gasteiger partial charge in [0.1, 0.15) is 0 Å². The maximum Gasteiger partial charge on any atom is 0.373 e. The number of hydrogen-bond acceptors (Lipinski definition) is 5. The molecule has 1 aliphatic rings. The Balaban J connectivity index is 0.000000770. The van der Waals surface area contributed by atoms with Crippen LogP contribution in [-0.2, 0) is 19.1 Å². The molecule has 1 saturated heterocycles. The van der Waals surface area contributed by atoms with Crippen molar-refractivity contribution in [1.82, 2.24) is 4.90 Å². The average molecular weight is 243 g/mol. The Kier molecular flexibility index (Phi) is 9.30. The Morgan fingerprint density at radius 3 is 2.35 bits per heavy atom. The van der Waals surface area contributed by atoms with Gasteiger partial charge in [-0.15, -0.1) is 0 Å². The fourth-order valence-electron chi connectivity index (χ4n) is 1.78. The Hall–Kier alpha value is -1.19. The molecule has 0 aliphatic carbocycles. The molecule has 0 aromatic heterocycles. The fourth-order valence-corrected chi connectivity index (χ4v) is 1.78. The van der Waals surface area contributed by atoms with E-state index in [1.807, 2.05) is 6.92 Å². The van der Waals surface area contributed by atoms with E-state index in [9.17, 15) is 4.79 Å². The Bertz CT molecular complexity index is 241. The quantitative estimate of drug-likeness (QED) is 0.691. The van der Waals surface area contributed by atoms with Gasteiger partial charge in [0.05, 0.1) is 6.61 Å². The molecule has 5 nitrogen and oxygen atoms in total.